The maximum Gasteiger partial charge on any atom is 0.252 e. The molecule has 6 heteroatoms. The quantitative estimate of drug-likeness (QED) is 0.847. The van der Waals surface area contributed by atoms with E-state index in [1.807, 2.05) is 12.1 Å². The number of rotatable bonds is 5. The van der Waals surface area contributed by atoms with E-state index in [2.05, 4.69) is 15.9 Å². The first-order valence-corrected chi connectivity index (χ1v) is 6.53. The minimum atomic E-state index is -1.08. The Bertz CT molecular complexity index is 356. The lowest BCUT2D eigenvalue weighted by atomic mass is 10.3. The van der Waals surface area contributed by atoms with E-state index in [0.717, 1.165) is 10.2 Å². The Morgan fingerprint density at radius 1 is 1.69 bits per heavy atom. The van der Waals surface area contributed by atoms with Gasteiger partial charge in [-0.2, -0.15) is 0 Å². The van der Waals surface area contributed by atoms with E-state index in [4.69, 9.17) is 5.73 Å². The summed E-state index contributed by atoms with van der Waals surface area (Å²) < 4.78 is 1.08. The minimum absolute atomic E-state index is 0.0340. The van der Waals surface area contributed by atoms with E-state index >= 15 is 0 Å². The molecular weight excluding hydrogens is 292 g/mol. The summed E-state index contributed by atoms with van der Waals surface area (Å²) in [5.74, 6) is -0.321. The smallest absolute Gasteiger partial charge is 0.252 e. The van der Waals surface area contributed by atoms with Crippen molar-refractivity contribution in [2.75, 3.05) is 20.1 Å². The molecule has 0 aliphatic heterocycles. The van der Waals surface area contributed by atoms with Gasteiger partial charge in [0, 0.05) is 25.0 Å². The number of halogens is 1. The summed E-state index contributed by atoms with van der Waals surface area (Å²) in [7, 11) is 1.67. The Hall–Kier alpha value is -0.430. The van der Waals surface area contributed by atoms with Crippen molar-refractivity contribution in [2.24, 2.45) is 5.73 Å². The number of carbonyl (C=O) groups excluding carboxylic acids is 1. The molecule has 0 bridgehead atoms. The van der Waals surface area contributed by atoms with Gasteiger partial charge in [0.2, 0.25) is 0 Å². The number of amides is 1. The van der Waals surface area contributed by atoms with Crippen LogP contribution in [-0.4, -0.2) is 42.2 Å². The first-order valence-electron chi connectivity index (χ1n) is 4.92. The van der Waals surface area contributed by atoms with Crippen LogP contribution in [0.1, 0.15) is 4.88 Å². The third-order valence-electron chi connectivity index (χ3n) is 2.21. The molecule has 0 aliphatic carbocycles. The molecule has 1 heterocycles. The normalized spacial score (nSPS) is 12.5. The van der Waals surface area contributed by atoms with Crippen LogP contribution in [0.5, 0.6) is 0 Å². The zero-order chi connectivity index (χ0) is 12.1. The molecule has 1 aromatic rings. The van der Waals surface area contributed by atoms with Crippen molar-refractivity contribution in [2.45, 2.75) is 12.5 Å². The van der Waals surface area contributed by atoms with Gasteiger partial charge in [0.05, 0.1) is 3.79 Å². The van der Waals surface area contributed by atoms with Gasteiger partial charge in [-0.15, -0.1) is 11.3 Å². The van der Waals surface area contributed by atoms with Crippen LogP contribution in [0.3, 0.4) is 0 Å². The number of hydrogen-bond donors (Lipinski definition) is 2. The summed E-state index contributed by atoms with van der Waals surface area (Å²) >= 11 is 5.03. The fraction of sp³-hybridized carbons (Fsp3) is 0.500. The highest BCUT2D eigenvalue weighted by atomic mass is 79.9. The fourth-order valence-electron chi connectivity index (χ4n) is 1.23. The molecule has 0 radical (unpaired) electrons. The van der Waals surface area contributed by atoms with Crippen LogP contribution in [0.25, 0.3) is 0 Å². The monoisotopic (exact) mass is 306 g/mol. The Morgan fingerprint density at radius 3 is 2.88 bits per heavy atom. The Labute approximate surface area is 107 Å². The second-order valence-electron chi connectivity index (χ2n) is 3.47. The second kappa shape index (κ2) is 6.34. The summed E-state index contributed by atoms with van der Waals surface area (Å²) in [6, 6.07) is 4.00. The average Bonchev–Trinajstić information content (AvgIpc) is 2.69. The maximum atomic E-state index is 11.5. The van der Waals surface area contributed by atoms with Crippen LogP contribution in [0.4, 0.5) is 0 Å². The van der Waals surface area contributed by atoms with E-state index in [1.54, 1.807) is 18.4 Å². The van der Waals surface area contributed by atoms with Crippen LogP contribution in [0.2, 0.25) is 0 Å². The van der Waals surface area contributed by atoms with Gasteiger partial charge in [0.15, 0.2) is 0 Å². The summed E-state index contributed by atoms with van der Waals surface area (Å²) in [5.41, 5.74) is 5.22. The van der Waals surface area contributed by atoms with Crippen molar-refractivity contribution < 1.29 is 9.90 Å². The lowest BCUT2D eigenvalue weighted by Crippen LogP contribution is -2.41. The van der Waals surface area contributed by atoms with Gasteiger partial charge >= 0.3 is 0 Å². The maximum absolute atomic E-state index is 11.5. The molecule has 1 unspecified atom stereocenters. The summed E-state index contributed by atoms with van der Waals surface area (Å²) in [6.07, 6.45) is -0.296. The van der Waals surface area contributed by atoms with Crippen molar-refractivity contribution in [3.8, 4) is 0 Å². The molecule has 1 rings (SSSR count). The Balaban J connectivity index is 2.40. The van der Waals surface area contributed by atoms with Crippen molar-refractivity contribution in [1.82, 2.24) is 4.90 Å². The van der Waals surface area contributed by atoms with E-state index < -0.39 is 6.10 Å². The predicted octanol–water partition coefficient (Wildman–Crippen LogP) is 0.831. The van der Waals surface area contributed by atoms with Crippen LogP contribution >= 0.6 is 27.3 Å². The van der Waals surface area contributed by atoms with Crippen molar-refractivity contribution in [3.63, 3.8) is 0 Å². The molecule has 0 fully saturated rings. The fourth-order valence-corrected chi connectivity index (χ4v) is 2.70. The third kappa shape index (κ3) is 3.86. The number of hydrogen-bond acceptors (Lipinski definition) is 4. The van der Waals surface area contributed by atoms with Gasteiger partial charge < -0.3 is 15.7 Å². The lowest BCUT2D eigenvalue weighted by molar-refractivity contribution is -0.138. The van der Waals surface area contributed by atoms with Gasteiger partial charge in [-0.1, -0.05) is 0 Å². The number of aliphatic hydroxyl groups is 1. The van der Waals surface area contributed by atoms with E-state index in [0.29, 0.717) is 6.54 Å². The van der Waals surface area contributed by atoms with Gasteiger partial charge in [0.1, 0.15) is 6.10 Å². The topological polar surface area (TPSA) is 66.6 Å². The number of nitrogens with zero attached hydrogens (tertiary/aromatic N) is 1. The highest BCUT2D eigenvalue weighted by molar-refractivity contribution is 9.11. The van der Waals surface area contributed by atoms with E-state index in [9.17, 15) is 9.90 Å². The Kier molecular flexibility index (Phi) is 5.40. The largest absolute Gasteiger partial charge is 0.382 e. The SMILES string of the molecule is CN(CCc1ccc(Br)s1)C(=O)C(O)CN. The Morgan fingerprint density at radius 2 is 2.38 bits per heavy atom. The van der Waals surface area contributed by atoms with E-state index in [-0.39, 0.29) is 12.5 Å². The highest BCUT2D eigenvalue weighted by Gasteiger charge is 2.17. The standard InChI is InChI=1S/C10H15BrN2O2S/c1-13(10(15)8(14)6-12)5-4-7-2-3-9(11)16-7/h2-3,8,14H,4-6,12H2,1H3. The zero-order valence-corrected chi connectivity index (χ0v) is 11.4. The average molecular weight is 307 g/mol. The highest BCUT2D eigenvalue weighted by Crippen LogP contribution is 2.22. The van der Waals surface area contributed by atoms with Crippen molar-refractivity contribution in [3.05, 3.63) is 20.8 Å². The zero-order valence-electron chi connectivity index (χ0n) is 9.02. The minimum Gasteiger partial charge on any atom is -0.382 e. The molecule has 90 valence electrons. The van der Waals surface area contributed by atoms with Gasteiger partial charge in [-0.3, -0.25) is 4.79 Å². The first kappa shape index (κ1) is 13.6. The number of carbonyl (C=O) groups is 1. The van der Waals surface area contributed by atoms with Gasteiger partial charge in [-0.05, 0) is 34.5 Å². The number of aliphatic hydroxyl groups excluding tert-OH is 1. The summed E-state index contributed by atoms with van der Waals surface area (Å²) in [5, 5.41) is 9.28. The summed E-state index contributed by atoms with van der Waals surface area (Å²) in [4.78, 5) is 14.2. The molecule has 0 spiro atoms. The van der Waals surface area contributed by atoms with Gasteiger partial charge in [0.25, 0.3) is 5.91 Å². The molecule has 1 atom stereocenters. The lowest BCUT2D eigenvalue weighted by Gasteiger charge is -2.19. The molecule has 0 saturated carbocycles. The van der Waals surface area contributed by atoms with Gasteiger partial charge in [-0.25, -0.2) is 0 Å². The number of thiophene rings is 1. The van der Waals surface area contributed by atoms with Crippen LogP contribution < -0.4 is 5.73 Å². The van der Waals surface area contributed by atoms with Crippen LogP contribution in [0.15, 0.2) is 15.9 Å². The molecule has 0 saturated heterocycles. The molecule has 1 aromatic heterocycles. The third-order valence-corrected chi connectivity index (χ3v) is 3.89. The molecule has 4 nitrogen and oxygen atoms in total. The van der Waals surface area contributed by atoms with E-state index in [1.165, 1.54) is 9.78 Å². The predicted molar refractivity (Wildman–Crippen MR) is 68.4 cm³/mol. The molecular formula is C10H15BrN2O2S. The first-order chi connectivity index (χ1) is 7.54. The van der Waals surface area contributed by atoms with Crippen molar-refractivity contribution >= 4 is 33.2 Å². The van der Waals surface area contributed by atoms with Crippen LogP contribution in [0, 0.1) is 0 Å². The second-order valence-corrected chi connectivity index (χ2v) is 6.01. The molecule has 1 amide bonds. The summed E-state index contributed by atoms with van der Waals surface area (Å²) in [6.45, 7) is 0.552. The number of likely N-dealkylation sites (N-methyl/N-ethyl adjacent to an activating group) is 1. The van der Waals surface area contributed by atoms with Crippen LogP contribution in [-0.2, 0) is 11.2 Å². The molecule has 0 aromatic carbocycles. The molecule has 3 N–H and O–H groups in total. The molecule has 16 heavy (non-hydrogen) atoms. The molecule has 0 aliphatic rings. The van der Waals surface area contributed by atoms with Crippen molar-refractivity contribution in [1.29, 1.82) is 0 Å². The number of nitrogens with two attached hydrogens (primary N) is 1.